The van der Waals surface area contributed by atoms with Gasteiger partial charge in [-0.15, -0.1) is 0 Å². The Morgan fingerprint density at radius 2 is 1.16 bits per heavy atom. The van der Waals surface area contributed by atoms with Crippen molar-refractivity contribution in [2.45, 2.75) is 126 Å². The van der Waals surface area contributed by atoms with Gasteiger partial charge in [-0.3, -0.25) is 0 Å². The molecule has 0 aromatic heterocycles. The number of aryl methyl sites for hydroxylation is 6. The van der Waals surface area contributed by atoms with Crippen molar-refractivity contribution in [2.75, 3.05) is 35.2 Å². The number of anilines is 2. The van der Waals surface area contributed by atoms with Crippen molar-refractivity contribution in [2.24, 2.45) is 0 Å². The summed E-state index contributed by atoms with van der Waals surface area (Å²) in [5.74, 6) is 2.69. The third-order valence-electron chi connectivity index (χ3n) is 8.95. The van der Waals surface area contributed by atoms with Crippen LogP contribution in [0.3, 0.4) is 0 Å². The summed E-state index contributed by atoms with van der Waals surface area (Å²) in [6.45, 7) is 23.4. The van der Waals surface area contributed by atoms with Crippen molar-refractivity contribution < 1.29 is 23.0 Å². The fourth-order valence-electron chi connectivity index (χ4n) is 6.92. The van der Waals surface area contributed by atoms with Gasteiger partial charge in [0.1, 0.15) is 0 Å². The number of nitrogens with zero attached hydrogens (tertiary/aromatic N) is 2. The van der Waals surface area contributed by atoms with Gasteiger partial charge in [0.15, 0.2) is 0 Å². The second-order valence-electron chi connectivity index (χ2n) is 14.2. The molecule has 1 aliphatic rings. The number of rotatable bonds is 18. The Bertz CT molecular complexity index is 1430. The van der Waals surface area contributed by atoms with Crippen LogP contribution in [0.4, 0.5) is 11.4 Å². The van der Waals surface area contributed by atoms with E-state index in [9.17, 15) is 0 Å². The first-order valence-corrected chi connectivity index (χ1v) is 24.9. The van der Waals surface area contributed by atoms with Gasteiger partial charge in [0.05, 0.1) is 0 Å². The molecule has 0 spiro atoms. The molecule has 4 rings (SSSR count). The second kappa shape index (κ2) is 23.2. The molecule has 0 bridgehead atoms. The first-order valence-electron chi connectivity index (χ1n) is 18.7. The van der Waals surface area contributed by atoms with E-state index in [0.717, 1.165) is 48.9 Å². The van der Waals surface area contributed by atoms with Crippen LogP contribution in [0.5, 0.6) is 11.5 Å². The van der Waals surface area contributed by atoms with E-state index in [2.05, 4.69) is 94.9 Å². The van der Waals surface area contributed by atoms with Gasteiger partial charge in [0, 0.05) is 24.5 Å². The van der Waals surface area contributed by atoms with Gasteiger partial charge in [0.2, 0.25) is 6.67 Å². The van der Waals surface area contributed by atoms with Gasteiger partial charge < -0.3 is 9.80 Å². The average molecular weight is 843 g/mol. The molecule has 1 heterocycles. The smallest absolute Gasteiger partial charge is 0.208 e. The van der Waals surface area contributed by atoms with Crippen LogP contribution >= 0.6 is 32.0 Å². The van der Waals surface area contributed by atoms with Crippen molar-refractivity contribution in [3.8, 4) is 11.5 Å². The molecule has 1 fully saturated rings. The Balaban J connectivity index is 0.000000280. The molecular formula is C43H62Cl2N2O2RuS. The molecule has 1 aliphatic heterocycles. The summed E-state index contributed by atoms with van der Waals surface area (Å²) in [7, 11) is 12.1. The van der Waals surface area contributed by atoms with Crippen LogP contribution in [0.1, 0.15) is 117 Å². The molecule has 4 nitrogen and oxygen atoms in total. The summed E-state index contributed by atoms with van der Waals surface area (Å²) >= 11 is 2.34. The number of benzene rings is 3. The van der Waals surface area contributed by atoms with Crippen LogP contribution in [0, 0.1) is 48.2 Å². The van der Waals surface area contributed by atoms with Crippen LogP contribution in [0.2, 0.25) is 0 Å². The Hall–Kier alpha value is -1.72. The van der Waals surface area contributed by atoms with Gasteiger partial charge in [0.25, 0.3) is 0 Å². The van der Waals surface area contributed by atoms with Crippen LogP contribution in [-0.2, 0) is 13.5 Å². The first-order chi connectivity index (χ1) is 24.4. The number of unbranched alkanes of at least 4 members (excludes halogenated alkanes) is 9. The van der Waals surface area contributed by atoms with Crippen LogP contribution in [-0.4, -0.2) is 36.2 Å². The third-order valence-corrected chi connectivity index (χ3v) is 11.1. The maximum Gasteiger partial charge on any atom is 0.208 e. The monoisotopic (exact) mass is 842 g/mol. The first kappa shape index (κ1) is 43.7. The van der Waals surface area contributed by atoms with Crippen molar-refractivity contribution >= 4 is 48.0 Å². The molecule has 0 aliphatic carbocycles. The second-order valence-corrected chi connectivity index (χ2v) is 20.4. The number of hydrogen-bond donors (Lipinski definition) is 1. The topological polar surface area (TPSA) is 24.9 Å². The van der Waals surface area contributed by atoms with E-state index < -0.39 is 13.5 Å². The summed E-state index contributed by atoms with van der Waals surface area (Å²) in [6, 6.07) is 14.9. The maximum absolute atomic E-state index is 6.06. The van der Waals surface area contributed by atoms with Gasteiger partial charge in [-0.25, -0.2) is 0 Å². The molecule has 0 saturated carbocycles. The summed E-state index contributed by atoms with van der Waals surface area (Å²) in [5.41, 5.74) is 11.5. The molecule has 284 valence electrons. The van der Waals surface area contributed by atoms with E-state index in [1.54, 1.807) is 0 Å². The number of thiol groups is 1. The molecule has 0 unspecified atom stereocenters. The summed E-state index contributed by atoms with van der Waals surface area (Å²) in [4.78, 5) is 4.56. The fourth-order valence-corrected chi connectivity index (χ4v) is 8.93. The largest absolute Gasteiger partial charge is 0.339 e. The summed E-state index contributed by atoms with van der Waals surface area (Å²) in [6.07, 6.45) is 13.1. The zero-order chi connectivity index (χ0) is 37.3. The minimum Gasteiger partial charge on any atom is -0.339 e. The van der Waals surface area contributed by atoms with Crippen LogP contribution in [0.15, 0.2) is 42.5 Å². The molecule has 0 N–H and O–H groups in total. The quantitative estimate of drug-likeness (QED) is 0.0783. The maximum atomic E-state index is 6.06. The Labute approximate surface area is 329 Å². The van der Waals surface area contributed by atoms with Gasteiger partial charge in [-0.05, 0) is 76.0 Å². The van der Waals surface area contributed by atoms with Crippen LogP contribution < -0.4 is 19.3 Å². The van der Waals surface area contributed by atoms with Crippen molar-refractivity contribution in [3.05, 3.63) is 88.1 Å². The van der Waals surface area contributed by atoms with Crippen molar-refractivity contribution in [3.63, 3.8) is 0 Å². The summed E-state index contributed by atoms with van der Waals surface area (Å²) < 4.78 is 13.7. The molecule has 8 heteroatoms. The normalized spacial score (nSPS) is 13.0. The molecule has 0 amide bonds. The van der Waals surface area contributed by atoms with E-state index in [-0.39, 0.29) is 6.10 Å². The standard InChI is InChI=1S/C22H36O2S.C21H26N2.2ClH.Ru/c1-19(2)24-22-15-14-21(18-20(22)3)23-16-12-10-8-6-4-5-7-9-11-13-17-25;1-14-9-16(3)20(17(4)10-14)22-7-8-23(13-22)21-18(5)11-15(2)12-19(21)6;;;/h3,14-15,18-19,25H,4-13,16-17H2,1-2H3;9-12H,7-8H2,1-6H3;2*1H;/q;;;;+2/p-2. The number of halogens is 2. The van der Waals surface area contributed by atoms with E-state index in [1.165, 1.54) is 103 Å². The van der Waals surface area contributed by atoms with Gasteiger partial charge >= 0.3 is 147 Å². The predicted molar refractivity (Wildman–Crippen MR) is 224 cm³/mol. The Morgan fingerprint density at radius 1 is 0.706 bits per heavy atom. The Kier molecular flexibility index (Phi) is 19.8. The predicted octanol–water partition coefficient (Wildman–Crippen LogP) is 12.6. The molecule has 1 saturated heterocycles. The van der Waals surface area contributed by atoms with E-state index in [0.29, 0.717) is 0 Å². The van der Waals surface area contributed by atoms with Gasteiger partial charge in [-0.2, -0.15) is 12.6 Å². The summed E-state index contributed by atoms with van der Waals surface area (Å²) in [5, 5.41) is 0. The molecule has 0 atom stereocenters. The van der Waals surface area contributed by atoms with E-state index in [4.69, 9.17) is 28.9 Å². The molecular weight excluding hydrogens is 781 g/mol. The van der Waals surface area contributed by atoms with Crippen molar-refractivity contribution in [1.82, 2.24) is 0 Å². The van der Waals surface area contributed by atoms with Crippen molar-refractivity contribution in [1.29, 1.82) is 0 Å². The number of ether oxygens (including phenoxy) is 2. The fraction of sp³-hybridized carbons (Fsp3) is 0.535. The van der Waals surface area contributed by atoms with Gasteiger partial charge in [-0.1, -0.05) is 54.7 Å². The zero-order valence-corrected chi connectivity index (χ0v) is 36.5. The molecule has 3 aromatic carbocycles. The third kappa shape index (κ3) is 15.3. The molecule has 2 radical (unpaired) electrons. The minimum atomic E-state index is -1.91. The molecule has 3 aromatic rings. The average Bonchev–Trinajstić information content (AvgIpc) is 3.50. The SMILES string of the molecule is CC(C)Oc1ccc(OCCCCCCCCCCCCS)cc1[CH]=[Ru]([Cl])[Cl].Cc1cc(C)c(N2[C]N(c3c(C)cc(C)cc3C)CC2)c(C)c1. The zero-order valence-electron chi connectivity index (χ0n) is 32.4. The van der Waals surface area contributed by atoms with E-state index in [1.807, 2.05) is 36.7 Å². The Morgan fingerprint density at radius 3 is 1.59 bits per heavy atom. The number of hydrogen-bond acceptors (Lipinski definition) is 5. The van der Waals surface area contributed by atoms with E-state index >= 15 is 0 Å². The minimum absolute atomic E-state index is 0.110. The van der Waals surface area contributed by atoms with Crippen LogP contribution in [0.25, 0.3) is 0 Å². The molecule has 51 heavy (non-hydrogen) atoms.